The number of carbonyl (C=O) groups is 4. The largest absolute Gasteiger partial charge is 0.495 e. The van der Waals surface area contributed by atoms with Gasteiger partial charge in [0.2, 0.25) is 5.91 Å². The molecule has 1 atom stereocenters. The monoisotopic (exact) mass is 615 g/mol. The molecule has 44 heavy (non-hydrogen) atoms. The van der Waals surface area contributed by atoms with Gasteiger partial charge in [0.25, 0.3) is 5.91 Å². The first-order valence-corrected chi connectivity index (χ1v) is 14.5. The third kappa shape index (κ3) is 7.78. The molecule has 0 spiro atoms. The number of amides is 4. The van der Waals surface area contributed by atoms with Gasteiger partial charge in [0.1, 0.15) is 5.75 Å². The van der Waals surface area contributed by atoms with Crippen LogP contribution in [0.15, 0.2) is 78.3 Å². The van der Waals surface area contributed by atoms with Crippen LogP contribution in [-0.2, 0) is 16.0 Å². The minimum Gasteiger partial charge on any atom is -0.495 e. The number of likely N-dealkylation sites (N-methyl/N-ethyl adjacent to an activating group) is 1. The van der Waals surface area contributed by atoms with Gasteiger partial charge in [0.15, 0.2) is 0 Å². The number of ether oxygens (including phenoxy) is 1. The summed E-state index contributed by atoms with van der Waals surface area (Å²) < 4.78 is 5.46. The summed E-state index contributed by atoms with van der Waals surface area (Å²) in [5.74, 6) is -1.20. The molecule has 12 heteroatoms. The molecule has 3 N–H and O–H groups in total. The fourth-order valence-corrected chi connectivity index (χ4v) is 5.19. The van der Waals surface area contributed by atoms with Crippen molar-refractivity contribution >= 4 is 52.2 Å². The van der Waals surface area contributed by atoms with Crippen LogP contribution in [0.3, 0.4) is 0 Å². The molecule has 4 rings (SSSR count). The molecule has 0 saturated heterocycles. The Kier molecular flexibility index (Phi) is 10.3. The lowest BCUT2D eigenvalue weighted by atomic mass is 10.1. The number of benzene rings is 2. The van der Waals surface area contributed by atoms with E-state index in [0.717, 1.165) is 5.56 Å². The molecule has 11 nitrogen and oxygen atoms in total. The number of methoxy groups -OCH3 is 1. The van der Waals surface area contributed by atoms with E-state index in [-0.39, 0.29) is 24.7 Å². The summed E-state index contributed by atoms with van der Waals surface area (Å²) >= 11 is 1.27. The number of hydrogen-bond donors (Lipinski definition) is 3. The lowest BCUT2D eigenvalue weighted by Gasteiger charge is -2.27. The van der Waals surface area contributed by atoms with Gasteiger partial charge in [-0.1, -0.05) is 30.3 Å². The number of carboxylic acid groups (broad SMARTS) is 1. The summed E-state index contributed by atoms with van der Waals surface area (Å²) in [5, 5.41) is 16.8. The van der Waals surface area contributed by atoms with E-state index in [0.29, 0.717) is 38.9 Å². The standard InChI is InChI=1S/C32H33N5O6S/c1-20-8-5-6-9-23(20)34-32(42)35-25-13-11-21(16-27(25)43-4)17-29(38)36(2)22-12-14-24(33-19-22)26(18-30(39)40)37(3)31(41)28-10-7-15-44-28/h5-16,19,26H,17-18H2,1-4H3,(H,39,40)(H2,34,35,42). The number of urea groups is 1. The van der Waals surface area contributed by atoms with Crippen molar-refractivity contribution in [2.24, 2.45) is 0 Å². The average Bonchev–Trinajstić information content (AvgIpc) is 3.56. The van der Waals surface area contributed by atoms with E-state index in [1.54, 1.807) is 68.0 Å². The summed E-state index contributed by atoms with van der Waals surface area (Å²) in [6.45, 7) is 1.90. The smallest absolute Gasteiger partial charge is 0.323 e. The Labute approximate surface area is 259 Å². The van der Waals surface area contributed by atoms with E-state index in [1.807, 2.05) is 25.1 Å². The second kappa shape index (κ2) is 14.3. The van der Waals surface area contributed by atoms with Crippen molar-refractivity contribution in [1.29, 1.82) is 0 Å². The topological polar surface area (TPSA) is 141 Å². The van der Waals surface area contributed by atoms with Gasteiger partial charge in [0.05, 0.1) is 54.1 Å². The van der Waals surface area contributed by atoms with Gasteiger partial charge in [-0.15, -0.1) is 11.3 Å². The number of carbonyl (C=O) groups excluding carboxylic acids is 3. The van der Waals surface area contributed by atoms with Crippen LogP contribution in [0.1, 0.15) is 39.0 Å². The predicted molar refractivity (Wildman–Crippen MR) is 170 cm³/mol. The summed E-state index contributed by atoms with van der Waals surface area (Å²) in [5.41, 5.74) is 3.62. The normalized spacial score (nSPS) is 11.3. The number of nitrogens with zero attached hydrogens (tertiary/aromatic N) is 3. The molecule has 2 aromatic heterocycles. The van der Waals surface area contributed by atoms with Gasteiger partial charge < -0.3 is 30.3 Å². The van der Waals surface area contributed by atoms with Crippen LogP contribution in [0.25, 0.3) is 0 Å². The van der Waals surface area contributed by atoms with E-state index >= 15 is 0 Å². The Balaban J connectivity index is 1.42. The third-order valence-electron chi connectivity index (χ3n) is 7.02. The van der Waals surface area contributed by atoms with Gasteiger partial charge in [-0.05, 0) is 59.8 Å². The molecular weight excluding hydrogens is 582 g/mol. The Morgan fingerprint density at radius 3 is 2.36 bits per heavy atom. The van der Waals surface area contributed by atoms with Crippen LogP contribution < -0.4 is 20.3 Å². The number of carboxylic acids is 1. The molecule has 228 valence electrons. The fraction of sp³-hybridized carbons (Fsp3) is 0.219. The number of para-hydroxylation sites is 1. The number of pyridine rings is 1. The van der Waals surface area contributed by atoms with Crippen LogP contribution in [0.2, 0.25) is 0 Å². The highest BCUT2D eigenvalue weighted by Crippen LogP contribution is 2.28. The molecule has 0 fully saturated rings. The van der Waals surface area contributed by atoms with Gasteiger partial charge >= 0.3 is 12.0 Å². The zero-order valence-corrected chi connectivity index (χ0v) is 25.6. The number of aromatic nitrogens is 1. The molecule has 4 aromatic rings. The first-order chi connectivity index (χ1) is 21.1. The first-order valence-electron chi connectivity index (χ1n) is 13.6. The fourth-order valence-electron chi connectivity index (χ4n) is 4.49. The number of rotatable bonds is 11. The highest BCUT2D eigenvalue weighted by Gasteiger charge is 2.27. The molecule has 0 radical (unpaired) electrons. The van der Waals surface area contributed by atoms with E-state index in [4.69, 9.17) is 4.74 Å². The molecular formula is C32H33N5O6S. The summed E-state index contributed by atoms with van der Waals surface area (Å²) in [6, 6.07) is 18.0. The lowest BCUT2D eigenvalue weighted by Crippen LogP contribution is -2.33. The number of nitrogens with one attached hydrogen (secondary N) is 2. The second-order valence-corrected chi connectivity index (χ2v) is 11.0. The van der Waals surface area contributed by atoms with Gasteiger partial charge in [-0.25, -0.2) is 4.79 Å². The predicted octanol–water partition coefficient (Wildman–Crippen LogP) is 5.60. The van der Waals surface area contributed by atoms with Crippen molar-refractivity contribution in [3.05, 3.63) is 100 Å². The molecule has 0 saturated carbocycles. The zero-order chi connectivity index (χ0) is 31.8. The third-order valence-corrected chi connectivity index (χ3v) is 7.88. The van der Waals surface area contributed by atoms with Gasteiger partial charge in [0, 0.05) is 19.8 Å². The van der Waals surface area contributed by atoms with Crippen LogP contribution in [0.5, 0.6) is 5.75 Å². The number of aryl methyl sites for hydroxylation is 1. The quantitative estimate of drug-likeness (QED) is 0.200. The van der Waals surface area contributed by atoms with Crippen LogP contribution in [0.4, 0.5) is 21.9 Å². The van der Waals surface area contributed by atoms with Crippen molar-refractivity contribution in [3.8, 4) is 5.75 Å². The lowest BCUT2D eigenvalue weighted by molar-refractivity contribution is -0.138. The maximum Gasteiger partial charge on any atom is 0.323 e. The van der Waals surface area contributed by atoms with Gasteiger partial charge in [-0.3, -0.25) is 19.4 Å². The summed E-state index contributed by atoms with van der Waals surface area (Å²) in [6.07, 6.45) is 1.20. The Hall–Kier alpha value is -5.23. The molecule has 0 aliphatic carbocycles. The van der Waals surface area contributed by atoms with Crippen molar-refractivity contribution in [2.75, 3.05) is 36.7 Å². The van der Waals surface area contributed by atoms with E-state index in [2.05, 4.69) is 15.6 Å². The maximum absolute atomic E-state index is 13.2. The first kappa shape index (κ1) is 31.7. The maximum atomic E-state index is 13.2. The number of aliphatic carboxylic acids is 1. The zero-order valence-electron chi connectivity index (χ0n) is 24.7. The van der Waals surface area contributed by atoms with Crippen molar-refractivity contribution in [2.45, 2.75) is 25.8 Å². The minimum absolute atomic E-state index is 0.0456. The van der Waals surface area contributed by atoms with Crippen LogP contribution >= 0.6 is 11.3 Å². The Bertz CT molecular complexity index is 1640. The van der Waals surface area contributed by atoms with Crippen molar-refractivity contribution in [1.82, 2.24) is 9.88 Å². The Morgan fingerprint density at radius 2 is 1.73 bits per heavy atom. The molecule has 1 unspecified atom stereocenters. The van der Waals surface area contributed by atoms with E-state index in [9.17, 15) is 24.3 Å². The molecule has 4 amide bonds. The average molecular weight is 616 g/mol. The van der Waals surface area contributed by atoms with Gasteiger partial charge in [-0.2, -0.15) is 0 Å². The number of anilines is 3. The Morgan fingerprint density at radius 1 is 0.977 bits per heavy atom. The van der Waals surface area contributed by atoms with Crippen LogP contribution in [0, 0.1) is 6.92 Å². The SMILES string of the molecule is COc1cc(CC(=O)N(C)c2ccc(C(CC(=O)O)N(C)C(=O)c3cccs3)nc2)ccc1NC(=O)Nc1ccccc1C. The summed E-state index contributed by atoms with van der Waals surface area (Å²) in [7, 11) is 4.64. The molecule has 2 heterocycles. The number of thiophene rings is 1. The van der Waals surface area contributed by atoms with Crippen molar-refractivity contribution < 1.29 is 29.0 Å². The minimum atomic E-state index is -1.07. The molecule has 0 bridgehead atoms. The van der Waals surface area contributed by atoms with Crippen molar-refractivity contribution in [3.63, 3.8) is 0 Å². The highest BCUT2D eigenvalue weighted by molar-refractivity contribution is 7.12. The molecule has 0 aliphatic heterocycles. The second-order valence-electron chi connectivity index (χ2n) is 10.0. The highest BCUT2D eigenvalue weighted by atomic mass is 32.1. The molecule has 0 aliphatic rings. The van der Waals surface area contributed by atoms with E-state index in [1.165, 1.54) is 34.4 Å². The van der Waals surface area contributed by atoms with E-state index < -0.39 is 18.0 Å². The molecule has 2 aromatic carbocycles. The van der Waals surface area contributed by atoms with Crippen LogP contribution in [-0.4, -0.2) is 60.0 Å². The number of hydrogen-bond acceptors (Lipinski definition) is 7. The summed E-state index contributed by atoms with van der Waals surface area (Å²) in [4.78, 5) is 57.9.